The predicted molar refractivity (Wildman–Crippen MR) is 24.6 cm³/mol. The van der Waals surface area contributed by atoms with Gasteiger partial charge in [0.1, 0.15) is 6.23 Å². The van der Waals surface area contributed by atoms with Crippen molar-refractivity contribution in [1.82, 2.24) is 5.32 Å². The van der Waals surface area contributed by atoms with E-state index in [0.29, 0.717) is 6.42 Å². The molecule has 0 aliphatic carbocycles. The molecule has 0 amide bonds. The van der Waals surface area contributed by atoms with Gasteiger partial charge in [-0.1, -0.05) is 0 Å². The quantitative estimate of drug-likeness (QED) is 0.355. The average molecular weight is 103 g/mol. The third kappa shape index (κ3) is 0.907. The average Bonchev–Trinajstić information content (AvgIpc) is 1.91. The second kappa shape index (κ2) is 1.78. The van der Waals surface area contributed by atoms with Crippen LogP contribution < -0.4 is 5.32 Å². The zero-order valence-electron chi connectivity index (χ0n) is 3.96. The molecule has 2 atom stereocenters. The van der Waals surface area contributed by atoms with Crippen molar-refractivity contribution in [2.75, 3.05) is 6.54 Å². The van der Waals surface area contributed by atoms with E-state index in [0.717, 1.165) is 6.54 Å². The molecule has 0 saturated carbocycles. The third-order valence-corrected chi connectivity index (χ3v) is 1.16. The number of aliphatic hydroxyl groups excluding tert-OH is 2. The number of hydrogen-bond acceptors (Lipinski definition) is 3. The van der Waals surface area contributed by atoms with Crippen molar-refractivity contribution in [2.24, 2.45) is 0 Å². The number of aliphatic hydroxyl groups is 2. The van der Waals surface area contributed by atoms with Gasteiger partial charge in [-0.15, -0.1) is 0 Å². The molecule has 0 aromatic rings. The third-order valence-electron chi connectivity index (χ3n) is 1.16. The topological polar surface area (TPSA) is 52.5 Å². The molecule has 0 aromatic heterocycles. The first-order chi connectivity index (χ1) is 3.30. The normalized spacial score (nSPS) is 42.0. The van der Waals surface area contributed by atoms with Crippen LogP contribution in [0.4, 0.5) is 0 Å². The van der Waals surface area contributed by atoms with Crippen LogP contribution in [0.2, 0.25) is 0 Å². The van der Waals surface area contributed by atoms with E-state index in [4.69, 9.17) is 10.2 Å². The monoisotopic (exact) mass is 103 g/mol. The fourth-order valence-corrected chi connectivity index (χ4v) is 0.673. The fourth-order valence-electron chi connectivity index (χ4n) is 0.673. The molecule has 1 aliphatic heterocycles. The maximum absolute atomic E-state index is 8.69. The van der Waals surface area contributed by atoms with Crippen molar-refractivity contribution in [1.29, 1.82) is 0 Å². The molecule has 1 heterocycles. The van der Waals surface area contributed by atoms with Crippen molar-refractivity contribution >= 4 is 0 Å². The molecule has 0 aromatic carbocycles. The Labute approximate surface area is 42.0 Å². The first-order valence-corrected chi connectivity index (χ1v) is 2.40. The van der Waals surface area contributed by atoms with Gasteiger partial charge in [-0.2, -0.15) is 0 Å². The molecule has 3 N–H and O–H groups in total. The summed E-state index contributed by atoms with van der Waals surface area (Å²) in [4.78, 5) is 0. The summed E-state index contributed by atoms with van der Waals surface area (Å²) in [5.41, 5.74) is 0. The fraction of sp³-hybridized carbons (Fsp3) is 1.00. The highest BCUT2D eigenvalue weighted by atomic mass is 16.3. The summed E-state index contributed by atoms with van der Waals surface area (Å²) in [6.07, 6.45) is -0.554. The van der Waals surface area contributed by atoms with E-state index in [2.05, 4.69) is 5.32 Å². The second-order valence-corrected chi connectivity index (χ2v) is 1.75. The molecule has 1 saturated heterocycles. The Morgan fingerprint density at radius 1 is 1.43 bits per heavy atom. The first kappa shape index (κ1) is 5.03. The van der Waals surface area contributed by atoms with Gasteiger partial charge >= 0.3 is 0 Å². The van der Waals surface area contributed by atoms with Crippen LogP contribution in [0.1, 0.15) is 6.42 Å². The lowest BCUT2D eigenvalue weighted by Crippen LogP contribution is -2.28. The Morgan fingerprint density at radius 3 is 2.29 bits per heavy atom. The molecule has 0 radical (unpaired) electrons. The van der Waals surface area contributed by atoms with Gasteiger partial charge in [0, 0.05) is 6.54 Å². The highest BCUT2D eigenvalue weighted by molar-refractivity contribution is 4.73. The van der Waals surface area contributed by atoms with Crippen molar-refractivity contribution in [3.8, 4) is 0 Å². The minimum absolute atomic E-state index is 0.542. The van der Waals surface area contributed by atoms with E-state index in [-0.39, 0.29) is 0 Å². The van der Waals surface area contributed by atoms with E-state index in [1.54, 1.807) is 0 Å². The molecular formula is C4H9NO2. The van der Waals surface area contributed by atoms with Gasteiger partial charge in [0.05, 0.1) is 6.10 Å². The maximum atomic E-state index is 8.69. The standard InChI is InChI=1S/C4H9NO2/c6-3-1-2-5-4(3)7/h3-7H,1-2H2/t3?,4-/m0/s1. The summed E-state index contributed by atoms with van der Waals surface area (Å²) in [7, 11) is 0. The van der Waals surface area contributed by atoms with Crippen LogP contribution in [0, 0.1) is 0 Å². The molecule has 1 fully saturated rings. The summed E-state index contributed by atoms with van der Waals surface area (Å²) in [5.74, 6) is 0. The molecule has 42 valence electrons. The van der Waals surface area contributed by atoms with Crippen molar-refractivity contribution in [3.05, 3.63) is 0 Å². The maximum Gasteiger partial charge on any atom is 0.131 e. The number of rotatable bonds is 0. The minimum atomic E-state index is -0.681. The zero-order chi connectivity index (χ0) is 5.28. The van der Waals surface area contributed by atoms with Crippen LogP contribution in [0.5, 0.6) is 0 Å². The van der Waals surface area contributed by atoms with Crippen molar-refractivity contribution in [2.45, 2.75) is 18.8 Å². The summed E-state index contributed by atoms with van der Waals surface area (Å²) in [5, 5.41) is 20.0. The van der Waals surface area contributed by atoms with Gasteiger partial charge in [-0.05, 0) is 6.42 Å². The lowest BCUT2D eigenvalue weighted by molar-refractivity contribution is 0.0318. The smallest absolute Gasteiger partial charge is 0.131 e. The number of nitrogens with one attached hydrogen (secondary N) is 1. The molecule has 0 bridgehead atoms. The molecule has 1 aliphatic rings. The van der Waals surface area contributed by atoms with Crippen LogP contribution >= 0.6 is 0 Å². The Kier molecular flexibility index (Phi) is 1.27. The van der Waals surface area contributed by atoms with Gasteiger partial charge < -0.3 is 10.2 Å². The van der Waals surface area contributed by atoms with Gasteiger partial charge in [-0.25, -0.2) is 0 Å². The van der Waals surface area contributed by atoms with E-state index >= 15 is 0 Å². The largest absolute Gasteiger partial charge is 0.389 e. The van der Waals surface area contributed by atoms with E-state index in [9.17, 15) is 0 Å². The second-order valence-electron chi connectivity index (χ2n) is 1.75. The molecule has 0 spiro atoms. The SMILES string of the molecule is OC1CCN[C@H]1O. The highest BCUT2D eigenvalue weighted by Gasteiger charge is 2.20. The van der Waals surface area contributed by atoms with E-state index in [1.807, 2.05) is 0 Å². The Bertz CT molecular complexity index is 58.7. The molecule has 3 heteroatoms. The van der Waals surface area contributed by atoms with Crippen LogP contribution in [-0.2, 0) is 0 Å². The molecule has 1 rings (SSSR count). The zero-order valence-corrected chi connectivity index (χ0v) is 3.96. The molecule has 1 unspecified atom stereocenters. The summed E-state index contributed by atoms with van der Waals surface area (Å²) < 4.78 is 0. The van der Waals surface area contributed by atoms with Crippen molar-refractivity contribution in [3.63, 3.8) is 0 Å². The van der Waals surface area contributed by atoms with Gasteiger partial charge in [0.2, 0.25) is 0 Å². The van der Waals surface area contributed by atoms with E-state index < -0.39 is 12.3 Å². The lowest BCUT2D eigenvalue weighted by atomic mass is 10.3. The first-order valence-electron chi connectivity index (χ1n) is 2.40. The lowest BCUT2D eigenvalue weighted by Gasteiger charge is -2.03. The Hall–Kier alpha value is -0.120. The van der Waals surface area contributed by atoms with Crippen LogP contribution in [0.15, 0.2) is 0 Å². The Morgan fingerprint density at radius 2 is 2.14 bits per heavy atom. The summed E-state index contributed by atoms with van der Waals surface area (Å²) in [6.45, 7) is 0.725. The van der Waals surface area contributed by atoms with E-state index in [1.165, 1.54) is 0 Å². The Balaban J connectivity index is 2.33. The molecular weight excluding hydrogens is 94.0 g/mol. The molecule has 7 heavy (non-hydrogen) atoms. The highest BCUT2D eigenvalue weighted by Crippen LogP contribution is 2.01. The summed E-state index contributed by atoms with van der Waals surface area (Å²) in [6, 6.07) is 0. The van der Waals surface area contributed by atoms with Crippen LogP contribution in [0.3, 0.4) is 0 Å². The predicted octanol–water partition coefficient (Wildman–Crippen LogP) is -1.34. The van der Waals surface area contributed by atoms with Gasteiger partial charge in [-0.3, -0.25) is 5.32 Å². The van der Waals surface area contributed by atoms with Crippen LogP contribution in [-0.4, -0.2) is 29.1 Å². The number of hydrogen-bond donors (Lipinski definition) is 3. The van der Waals surface area contributed by atoms with Gasteiger partial charge in [0.25, 0.3) is 0 Å². The van der Waals surface area contributed by atoms with Crippen LogP contribution in [0.25, 0.3) is 0 Å². The van der Waals surface area contributed by atoms with Gasteiger partial charge in [0.15, 0.2) is 0 Å². The summed E-state index contributed by atoms with van der Waals surface area (Å²) >= 11 is 0. The molecule has 3 nitrogen and oxygen atoms in total. The minimum Gasteiger partial charge on any atom is -0.389 e. The van der Waals surface area contributed by atoms with Crippen molar-refractivity contribution < 1.29 is 10.2 Å².